The first-order chi connectivity index (χ1) is 8.31. The molecule has 0 atom stereocenters. The van der Waals surface area contributed by atoms with Gasteiger partial charge in [-0.1, -0.05) is 29.5 Å². The summed E-state index contributed by atoms with van der Waals surface area (Å²) in [5.41, 5.74) is 0.985. The molecular formula is C12H11F3O2S. The fourth-order valence-electron chi connectivity index (χ4n) is 1.11. The first-order valence-electron chi connectivity index (χ1n) is 4.94. The molecule has 0 saturated heterocycles. The molecule has 1 rings (SSSR count). The van der Waals surface area contributed by atoms with Crippen molar-refractivity contribution in [1.29, 1.82) is 0 Å². The van der Waals surface area contributed by atoms with Gasteiger partial charge in [-0.25, -0.2) is 4.79 Å². The molecule has 18 heavy (non-hydrogen) atoms. The molecule has 0 spiro atoms. The third-order valence-electron chi connectivity index (χ3n) is 1.93. The van der Waals surface area contributed by atoms with Crippen molar-refractivity contribution < 1.29 is 22.7 Å². The number of aryl methyl sites for hydroxylation is 1. The van der Waals surface area contributed by atoms with E-state index in [0.717, 1.165) is 24.4 Å². The minimum atomic E-state index is -4.55. The van der Waals surface area contributed by atoms with E-state index in [0.29, 0.717) is 4.90 Å². The molecule has 0 unspecified atom stereocenters. The van der Waals surface area contributed by atoms with Crippen LogP contribution in [0.3, 0.4) is 0 Å². The van der Waals surface area contributed by atoms with Gasteiger partial charge in [0.1, 0.15) is 4.91 Å². The molecule has 0 aliphatic heterocycles. The molecule has 0 bridgehead atoms. The van der Waals surface area contributed by atoms with Crippen LogP contribution in [-0.4, -0.2) is 19.3 Å². The minimum absolute atomic E-state index is 0.0522. The molecule has 0 N–H and O–H groups in total. The van der Waals surface area contributed by atoms with Gasteiger partial charge in [0.15, 0.2) is 0 Å². The van der Waals surface area contributed by atoms with E-state index in [4.69, 9.17) is 0 Å². The lowest BCUT2D eigenvalue weighted by Gasteiger charge is -2.07. The number of allylic oxidation sites excluding steroid dienone is 1. The highest BCUT2D eigenvalue weighted by molar-refractivity contribution is 8.04. The van der Waals surface area contributed by atoms with Gasteiger partial charge in [-0.2, -0.15) is 13.2 Å². The monoisotopic (exact) mass is 276 g/mol. The maximum Gasteiger partial charge on any atom is 0.411 e. The Bertz CT molecular complexity index is 449. The summed E-state index contributed by atoms with van der Waals surface area (Å²) in [6.07, 6.45) is -4.61. The normalized spacial score (nSPS) is 12.4. The molecule has 0 aliphatic rings. The number of esters is 1. The molecule has 6 heteroatoms. The summed E-state index contributed by atoms with van der Waals surface area (Å²) in [7, 11) is 1.04. The Balaban J connectivity index is 2.96. The van der Waals surface area contributed by atoms with Crippen LogP contribution in [0.15, 0.2) is 40.1 Å². The van der Waals surface area contributed by atoms with Crippen molar-refractivity contribution in [2.24, 2.45) is 0 Å². The van der Waals surface area contributed by atoms with E-state index in [9.17, 15) is 18.0 Å². The lowest BCUT2D eigenvalue weighted by molar-refractivity contribution is -0.136. The second kappa shape index (κ2) is 5.95. The zero-order valence-electron chi connectivity index (χ0n) is 9.75. The summed E-state index contributed by atoms with van der Waals surface area (Å²) in [4.78, 5) is 11.3. The summed E-state index contributed by atoms with van der Waals surface area (Å²) in [6.45, 7) is 1.86. The Kier molecular flexibility index (Phi) is 4.84. The van der Waals surface area contributed by atoms with E-state index in [1.54, 1.807) is 24.3 Å². The van der Waals surface area contributed by atoms with Crippen LogP contribution < -0.4 is 0 Å². The van der Waals surface area contributed by atoms with E-state index in [-0.39, 0.29) is 6.08 Å². The highest BCUT2D eigenvalue weighted by Gasteiger charge is 2.27. The molecule has 0 aliphatic carbocycles. The molecule has 0 aromatic heterocycles. The van der Waals surface area contributed by atoms with Crippen LogP contribution in [0.25, 0.3) is 0 Å². The number of alkyl halides is 3. The third-order valence-corrected chi connectivity index (χ3v) is 2.94. The summed E-state index contributed by atoms with van der Waals surface area (Å²) in [5, 5.41) is 0. The average molecular weight is 276 g/mol. The van der Waals surface area contributed by atoms with E-state index in [1.807, 2.05) is 6.92 Å². The third kappa shape index (κ3) is 4.83. The molecule has 0 amide bonds. The first-order valence-corrected chi connectivity index (χ1v) is 5.76. The number of thioether (sulfide) groups is 1. The van der Waals surface area contributed by atoms with Gasteiger partial charge in [-0.15, -0.1) is 0 Å². The van der Waals surface area contributed by atoms with E-state index < -0.39 is 17.1 Å². The number of ether oxygens (including phenoxy) is 1. The van der Waals surface area contributed by atoms with Crippen LogP contribution in [0.5, 0.6) is 0 Å². The topological polar surface area (TPSA) is 26.3 Å². The largest absolute Gasteiger partial charge is 0.465 e. The van der Waals surface area contributed by atoms with Crippen molar-refractivity contribution in [3.63, 3.8) is 0 Å². The van der Waals surface area contributed by atoms with Crippen molar-refractivity contribution in [2.75, 3.05) is 7.11 Å². The Morgan fingerprint density at radius 1 is 1.28 bits per heavy atom. The van der Waals surface area contributed by atoms with Gasteiger partial charge in [0.2, 0.25) is 0 Å². The number of methoxy groups -OCH3 is 1. The maximum absolute atomic E-state index is 12.3. The van der Waals surface area contributed by atoms with Crippen LogP contribution in [0.2, 0.25) is 0 Å². The fraction of sp³-hybridized carbons (Fsp3) is 0.250. The van der Waals surface area contributed by atoms with E-state index in [1.165, 1.54) is 0 Å². The van der Waals surface area contributed by atoms with Crippen molar-refractivity contribution in [1.82, 2.24) is 0 Å². The van der Waals surface area contributed by atoms with Gasteiger partial charge in [-0.05, 0) is 19.1 Å². The number of rotatable bonds is 3. The van der Waals surface area contributed by atoms with Crippen LogP contribution in [0, 0.1) is 6.92 Å². The minimum Gasteiger partial charge on any atom is -0.465 e. The Labute approximate surface area is 107 Å². The molecule has 1 aromatic carbocycles. The van der Waals surface area contributed by atoms with Gasteiger partial charge < -0.3 is 4.74 Å². The Hall–Kier alpha value is -1.43. The first kappa shape index (κ1) is 14.6. The molecule has 0 saturated carbocycles. The summed E-state index contributed by atoms with van der Waals surface area (Å²) < 4.78 is 41.1. The second-order valence-electron chi connectivity index (χ2n) is 3.46. The molecule has 0 fully saturated rings. The second-order valence-corrected chi connectivity index (χ2v) is 4.57. The predicted octanol–water partition coefficient (Wildman–Crippen LogP) is 3.71. The highest BCUT2D eigenvalue weighted by Crippen LogP contribution is 2.31. The Morgan fingerprint density at radius 2 is 1.83 bits per heavy atom. The molecule has 2 nitrogen and oxygen atoms in total. The van der Waals surface area contributed by atoms with Crippen molar-refractivity contribution in [3.8, 4) is 0 Å². The molecule has 98 valence electrons. The standard InChI is InChI=1S/C12H11F3O2S/c1-8-3-5-9(6-4-8)18-10(11(16)17-2)7-12(13,14)15/h3-7H,1-2H3/b10-7+. The molecular weight excluding hydrogens is 265 g/mol. The molecule has 0 heterocycles. The van der Waals surface area contributed by atoms with Crippen LogP contribution in [0.1, 0.15) is 5.56 Å². The van der Waals surface area contributed by atoms with Crippen LogP contribution in [-0.2, 0) is 9.53 Å². The molecule has 1 aromatic rings. The number of hydrogen-bond donors (Lipinski definition) is 0. The predicted molar refractivity (Wildman–Crippen MR) is 63.2 cm³/mol. The number of benzene rings is 1. The van der Waals surface area contributed by atoms with Crippen molar-refractivity contribution in [3.05, 3.63) is 40.8 Å². The van der Waals surface area contributed by atoms with Crippen molar-refractivity contribution in [2.45, 2.75) is 18.0 Å². The van der Waals surface area contributed by atoms with E-state index >= 15 is 0 Å². The lowest BCUT2D eigenvalue weighted by atomic mass is 10.2. The van der Waals surface area contributed by atoms with Crippen LogP contribution in [0.4, 0.5) is 13.2 Å². The van der Waals surface area contributed by atoms with Crippen LogP contribution >= 0.6 is 11.8 Å². The van der Waals surface area contributed by atoms with Gasteiger partial charge in [0.25, 0.3) is 0 Å². The lowest BCUT2D eigenvalue weighted by Crippen LogP contribution is -2.09. The number of carbonyl (C=O) groups excluding carboxylic acids is 1. The smallest absolute Gasteiger partial charge is 0.411 e. The summed E-state index contributed by atoms with van der Waals surface area (Å²) >= 11 is 0.724. The molecule has 0 radical (unpaired) electrons. The van der Waals surface area contributed by atoms with Gasteiger partial charge in [0, 0.05) is 11.0 Å². The maximum atomic E-state index is 12.3. The van der Waals surface area contributed by atoms with Gasteiger partial charge in [-0.3, -0.25) is 0 Å². The van der Waals surface area contributed by atoms with Crippen molar-refractivity contribution >= 4 is 17.7 Å². The summed E-state index contributed by atoms with van der Waals surface area (Å²) in [5.74, 6) is -1.00. The fourth-order valence-corrected chi connectivity index (χ4v) is 2.00. The van der Waals surface area contributed by atoms with E-state index in [2.05, 4.69) is 4.74 Å². The zero-order valence-corrected chi connectivity index (χ0v) is 10.6. The zero-order chi connectivity index (χ0) is 13.8. The average Bonchev–Trinajstić information content (AvgIpc) is 2.28. The number of halogens is 3. The Morgan fingerprint density at radius 3 is 2.28 bits per heavy atom. The SMILES string of the molecule is COC(=O)/C(=C\C(F)(F)F)Sc1ccc(C)cc1. The highest BCUT2D eigenvalue weighted by atomic mass is 32.2. The number of carbonyl (C=O) groups is 1. The summed E-state index contributed by atoms with van der Waals surface area (Å²) in [6, 6.07) is 6.80. The van der Waals surface area contributed by atoms with Gasteiger partial charge in [0.05, 0.1) is 7.11 Å². The number of hydrogen-bond acceptors (Lipinski definition) is 3. The van der Waals surface area contributed by atoms with Gasteiger partial charge >= 0.3 is 12.1 Å². The quantitative estimate of drug-likeness (QED) is 0.478.